The third-order valence-electron chi connectivity index (χ3n) is 4.17. The number of rotatable bonds is 5. The van der Waals surface area contributed by atoms with Crippen molar-refractivity contribution in [1.82, 2.24) is 15.3 Å². The third kappa shape index (κ3) is 3.66. The van der Waals surface area contributed by atoms with Gasteiger partial charge in [-0.1, -0.05) is 18.2 Å². The van der Waals surface area contributed by atoms with E-state index in [2.05, 4.69) is 15.3 Å². The highest BCUT2D eigenvalue weighted by Gasteiger charge is 2.16. The fraction of sp³-hybridized carbons (Fsp3) is 0.278. The van der Waals surface area contributed by atoms with E-state index in [4.69, 9.17) is 0 Å². The topological polar surface area (TPSA) is 95.1 Å². The van der Waals surface area contributed by atoms with E-state index < -0.39 is 17.8 Å². The number of carbonyl (C=O) groups is 1. The van der Waals surface area contributed by atoms with Gasteiger partial charge in [-0.25, -0.2) is 9.37 Å². The highest BCUT2D eigenvalue weighted by Crippen LogP contribution is 2.25. The highest BCUT2D eigenvalue weighted by molar-refractivity contribution is 7.18. The maximum Gasteiger partial charge on any atom is 0.259 e. The van der Waals surface area contributed by atoms with Crippen LogP contribution in [0.1, 0.15) is 27.9 Å². The predicted molar refractivity (Wildman–Crippen MR) is 97.8 cm³/mol. The van der Waals surface area contributed by atoms with Crippen molar-refractivity contribution in [3.63, 3.8) is 0 Å². The number of nitrogens with one attached hydrogen (secondary N) is 2. The number of aliphatic hydroxyl groups excluding tert-OH is 1. The predicted octanol–water partition coefficient (Wildman–Crippen LogP) is 2.13. The number of aromatic amines is 1. The zero-order chi connectivity index (χ0) is 18.8. The van der Waals surface area contributed by atoms with Crippen molar-refractivity contribution in [2.24, 2.45) is 0 Å². The molecule has 0 saturated heterocycles. The smallest absolute Gasteiger partial charge is 0.259 e. The zero-order valence-corrected chi connectivity index (χ0v) is 15.1. The van der Waals surface area contributed by atoms with Gasteiger partial charge in [0, 0.05) is 17.0 Å². The summed E-state index contributed by atoms with van der Waals surface area (Å²) in [7, 11) is 0. The standard InChI is InChI=1S/C18H18FN3O3S/c1-9-10(2)26-18-16(9)17(25)21-14(22-18)7-15(24)20-8-13(23)11-5-3-4-6-12(11)19/h3-6,13,23H,7-8H2,1-2H3,(H,20,24)(H,21,22,25). The van der Waals surface area contributed by atoms with Crippen molar-refractivity contribution in [2.45, 2.75) is 26.4 Å². The molecular formula is C18H18FN3O3S. The van der Waals surface area contributed by atoms with Gasteiger partial charge in [0.2, 0.25) is 5.91 Å². The van der Waals surface area contributed by atoms with Gasteiger partial charge in [0.25, 0.3) is 5.56 Å². The summed E-state index contributed by atoms with van der Waals surface area (Å²) in [4.78, 5) is 32.8. The van der Waals surface area contributed by atoms with Gasteiger partial charge in [-0.05, 0) is 25.5 Å². The van der Waals surface area contributed by atoms with Crippen molar-refractivity contribution in [2.75, 3.05) is 6.54 Å². The lowest BCUT2D eigenvalue weighted by Crippen LogP contribution is -2.31. The summed E-state index contributed by atoms with van der Waals surface area (Å²) in [6.45, 7) is 3.64. The molecule has 0 aliphatic carbocycles. The first-order valence-electron chi connectivity index (χ1n) is 8.05. The van der Waals surface area contributed by atoms with Crippen LogP contribution in [-0.4, -0.2) is 27.5 Å². The van der Waals surface area contributed by atoms with Crippen LogP contribution in [0.4, 0.5) is 4.39 Å². The molecule has 1 atom stereocenters. The van der Waals surface area contributed by atoms with Crippen LogP contribution in [0.25, 0.3) is 10.2 Å². The lowest BCUT2D eigenvalue weighted by Gasteiger charge is -2.12. The molecule has 1 unspecified atom stereocenters. The van der Waals surface area contributed by atoms with Crippen molar-refractivity contribution in [3.8, 4) is 0 Å². The number of fused-ring (bicyclic) bond motifs is 1. The van der Waals surface area contributed by atoms with Crippen molar-refractivity contribution >= 4 is 27.5 Å². The zero-order valence-electron chi connectivity index (χ0n) is 14.3. The first-order valence-corrected chi connectivity index (χ1v) is 8.86. The van der Waals surface area contributed by atoms with Crippen LogP contribution in [0.3, 0.4) is 0 Å². The van der Waals surface area contributed by atoms with Gasteiger partial charge in [-0.2, -0.15) is 0 Å². The lowest BCUT2D eigenvalue weighted by molar-refractivity contribution is -0.121. The number of aliphatic hydroxyl groups is 1. The number of hydrogen-bond acceptors (Lipinski definition) is 5. The number of thiophene rings is 1. The molecule has 26 heavy (non-hydrogen) atoms. The number of benzene rings is 1. The Kier molecular flexibility index (Phi) is 5.15. The number of carbonyl (C=O) groups excluding carboxylic acids is 1. The summed E-state index contributed by atoms with van der Waals surface area (Å²) >= 11 is 1.41. The number of aryl methyl sites for hydroxylation is 2. The number of H-pyrrole nitrogens is 1. The minimum absolute atomic E-state index is 0.116. The molecule has 1 amide bonds. The van der Waals surface area contributed by atoms with Gasteiger partial charge >= 0.3 is 0 Å². The van der Waals surface area contributed by atoms with Crippen molar-refractivity contribution in [3.05, 3.63) is 62.3 Å². The molecule has 0 fully saturated rings. The summed E-state index contributed by atoms with van der Waals surface area (Å²) in [5.41, 5.74) is 0.735. The average Bonchev–Trinajstić information content (AvgIpc) is 2.87. The molecule has 0 spiro atoms. The largest absolute Gasteiger partial charge is 0.386 e. The summed E-state index contributed by atoms with van der Waals surface area (Å²) in [5.74, 6) is -0.705. The molecule has 2 aromatic heterocycles. The van der Waals surface area contributed by atoms with Crippen molar-refractivity contribution in [1.29, 1.82) is 0 Å². The van der Waals surface area contributed by atoms with Gasteiger partial charge < -0.3 is 15.4 Å². The Bertz CT molecular complexity index is 1030. The second-order valence-corrected chi connectivity index (χ2v) is 7.20. The molecule has 0 saturated carbocycles. The summed E-state index contributed by atoms with van der Waals surface area (Å²) in [6, 6.07) is 5.84. The lowest BCUT2D eigenvalue weighted by atomic mass is 10.1. The van der Waals surface area contributed by atoms with E-state index >= 15 is 0 Å². The SMILES string of the molecule is Cc1sc2nc(CC(=O)NCC(O)c3ccccc3F)[nH]c(=O)c2c1C. The summed E-state index contributed by atoms with van der Waals surface area (Å²) in [5, 5.41) is 13.1. The number of amides is 1. The number of nitrogens with zero attached hydrogens (tertiary/aromatic N) is 1. The van der Waals surface area contributed by atoms with Crippen LogP contribution in [0, 0.1) is 19.7 Å². The molecule has 6 nitrogen and oxygen atoms in total. The Balaban J connectivity index is 1.68. The van der Waals surface area contributed by atoms with Crippen LogP contribution in [0.5, 0.6) is 0 Å². The Morgan fingerprint density at radius 3 is 2.85 bits per heavy atom. The van der Waals surface area contributed by atoms with Gasteiger partial charge in [-0.15, -0.1) is 11.3 Å². The summed E-state index contributed by atoms with van der Waals surface area (Å²) < 4.78 is 13.6. The quantitative estimate of drug-likeness (QED) is 0.637. The molecule has 0 bridgehead atoms. The Hall–Kier alpha value is -2.58. The molecule has 8 heteroatoms. The van der Waals surface area contributed by atoms with Crippen LogP contribution >= 0.6 is 11.3 Å². The van der Waals surface area contributed by atoms with E-state index in [1.54, 1.807) is 6.07 Å². The fourth-order valence-electron chi connectivity index (χ4n) is 2.66. The minimum Gasteiger partial charge on any atom is -0.386 e. The first-order chi connectivity index (χ1) is 12.4. The van der Waals surface area contributed by atoms with E-state index in [-0.39, 0.29) is 29.9 Å². The number of aromatic nitrogens is 2. The monoisotopic (exact) mass is 375 g/mol. The molecule has 136 valence electrons. The minimum atomic E-state index is -1.16. The molecule has 3 aromatic rings. The Morgan fingerprint density at radius 2 is 2.12 bits per heavy atom. The normalized spacial score (nSPS) is 12.3. The van der Waals surface area contributed by atoms with Crippen molar-refractivity contribution < 1.29 is 14.3 Å². The van der Waals surface area contributed by atoms with E-state index in [0.717, 1.165) is 10.4 Å². The maximum atomic E-state index is 13.6. The fourth-order valence-corrected chi connectivity index (χ4v) is 3.71. The van der Waals surface area contributed by atoms with E-state index in [1.165, 1.54) is 29.5 Å². The van der Waals surface area contributed by atoms with Crippen LogP contribution in [0.15, 0.2) is 29.1 Å². The molecule has 0 radical (unpaired) electrons. The average molecular weight is 375 g/mol. The molecule has 3 rings (SSSR count). The van der Waals surface area contributed by atoms with Gasteiger partial charge in [-0.3, -0.25) is 9.59 Å². The molecule has 0 aliphatic heterocycles. The third-order valence-corrected chi connectivity index (χ3v) is 5.27. The van der Waals surface area contributed by atoms with Crippen LogP contribution < -0.4 is 10.9 Å². The van der Waals surface area contributed by atoms with Gasteiger partial charge in [0.05, 0.1) is 17.9 Å². The molecule has 2 heterocycles. The van der Waals surface area contributed by atoms with Crippen LogP contribution in [0.2, 0.25) is 0 Å². The second-order valence-electron chi connectivity index (χ2n) is 5.99. The Labute approximate surface area is 152 Å². The molecular weight excluding hydrogens is 357 g/mol. The van der Waals surface area contributed by atoms with Crippen LogP contribution in [-0.2, 0) is 11.2 Å². The number of halogens is 1. The molecule has 0 aliphatic rings. The Morgan fingerprint density at radius 1 is 1.38 bits per heavy atom. The second kappa shape index (κ2) is 7.35. The van der Waals surface area contributed by atoms with E-state index in [0.29, 0.717) is 10.2 Å². The van der Waals surface area contributed by atoms with Gasteiger partial charge in [0.1, 0.15) is 16.5 Å². The van der Waals surface area contributed by atoms with E-state index in [9.17, 15) is 19.1 Å². The molecule has 3 N–H and O–H groups in total. The summed E-state index contributed by atoms with van der Waals surface area (Å²) in [6.07, 6.45) is -1.29. The molecule has 1 aromatic carbocycles. The maximum absolute atomic E-state index is 13.6. The number of hydrogen-bond donors (Lipinski definition) is 3. The van der Waals surface area contributed by atoms with E-state index in [1.807, 2.05) is 13.8 Å². The first kappa shape index (κ1) is 18.2. The highest BCUT2D eigenvalue weighted by atomic mass is 32.1. The van der Waals surface area contributed by atoms with Gasteiger partial charge in [0.15, 0.2) is 0 Å².